The van der Waals surface area contributed by atoms with Gasteiger partial charge in [0.15, 0.2) is 0 Å². The first-order valence-electron chi connectivity index (χ1n) is 6.07. The van der Waals surface area contributed by atoms with Gasteiger partial charge in [0, 0.05) is 12.6 Å². The first kappa shape index (κ1) is 13.9. The van der Waals surface area contributed by atoms with Gasteiger partial charge in [0.25, 0.3) is 0 Å². The van der Waals surface area contributed by atoms with Crippen LogP contribution in [-0.4, -0.2) is 42.2 Å². The highest BCUT2D eigenvalue weighted by atomic mass is 16.3. The minimum atomic E-state index is -1.24. The number of nitrogens with two attached hydrogens (primary N) is 1. The summed E-state index contributed by atoms with van der Waals surface area (Å²) in [5, 5.41) is 14.7. The number of primary amides is 1. The summed E-state index contributed by atoms with van der Waals surface area (Å²) in [5.74, 6) is -0.890. The Balaban J connectivity index is 2.10. The lowest BCUT2D eigenvalue weighted by Gasteiger charge is -2.22. The van der Waals surface area contributed by atoms with Crippen molar-refractivity contribution < 1.29 is 14.7 Å². The van der Waals surface area contributed by atoms with E-state index in [-0.39, 0.29) is 25.0 Å². The summed E-state index contributed by atoms with van der Waals surface area (Å²) in [7, 11) is 0. The molecule has 1 aliphatic rings. The van der Waals surface area contributed by atoms with Crippen molar-refractivity contribution in [1.29, 1.82) is 0 Å². The van der Waals surface area contributed by atoms with Crippen LogP contribution in [0.3, 0.4) is 0 Å². The van der Waals surface area contributed by atoms with E-state index in [1.165, 1.54) is 19.3 Å². The van der Waals surface area contributed by atoms with Crippen molar-refractivity contribution in [2.45, 2.75) is 44.2 Å². The lowest BCUT2D eigenvalue weighted by Crippen LogP contribution is -2.44. The second-order valence-corrected chi connectivity index (χ2v) is 4.45. The molecule has 0 saturated heterocycles. The molecule has 0 bridgehead atoms. The van der Waals surface area contributed by atoms with Crippen LogP contribution >= 0.6 is 0 Å². The molecule has 6 nitrogen and oxygen atoms in total. The monoisotopic (exact) mass is 243 g/mol. The van der Waals surface area contributed by atoms with E-state index in [9.17, 15) is 9.59 Å². The van der Waals surface area contributed by atoms with E-state index < -0.39 is 12.0 Å². The Morgan fingerprint density at radius 1 is 1.29 bits per heavy atom. The minimum Gasteiger partial charge on any atom is -0.382 e. The second-order valence-electron chi connectivity index (χ2n) is 4.45. The third-order valence-corrected chi connectivity index (χ3v) is 2.92. The number of carbonyl (C=O) groups is 2. The molecule has 1 saturated carbocycles. The van der Waals surface area contributed by atoms with Crippen molar-refractivity contribution in [3.05, 3.63) is 0 Å². The molecule has 2 amide bonds. The Kier molecular flexibility index (Phi) is 5.93. The molecule has 0 aliphatic heterocycles. The van der Waals surface area contributed by atoms with Gasteiger partial charge in [0.05, 0.1) is 6.54 Å². The lowest BCUT2D eigenvalue weighted by atomic mass is 9.95. The minimum absolute atomic E-state index is 0.00736. The number of rotatable bonds is 6. The van der Waals surface area contributed by atoms with Crippen LogP contribution < -0.4 is 16.4 Å². The van der Waals surface area contributed by atoms with Crippen LogP contribution in [0.4, 0.5) is 0 Å². The zero-order valence-electron chi connectivity index (χ0n) is 9.95. The molecule has 0 spiro atoms. The third-order valence-electron chi connectivity index (χ3n) is 2.92. The maximum atomic E-state index is 11.5. The number of nitrogens with one attached hydrogen (secondary N) is 2. The molecule has 1 rings (SSSR count). The van der Waals surface area contributed by atoms with E-state index in [1.54, 1.807) is 0 Å². The molecule has 0 aromatic rings. The van der Waals surface area contributed by atoms with E-state index >= 15 is 0 Å². The van der Waals surface area contributed by atoms with Gasteiger partial charge in [0.2, 0.25) is 11.8 Å². The standard InChI is InChI=1S/C11H21N3O3/c12-11(17)9(15)6-13-7-10(16)14-8-4-2-1-3-5-8/h8-9,13,15H,1-7H2,(H2,12,17)(H,14,16). The zero-order chi connectivity index (χ0) is 12.7. The summed E-state index contributed by atoms with van der Waals surface area (Å²) in [5.41, 5.74) is 4.87. The van der Waals surface area contributed by atoms with Gasteiger partial charge in [-0.05, 0) is 12.8 Å². The lowest BCUT2D eigenvalue weighted by molar-refractivity contribution is -0.126. The number of aliphatic hydroxyl groups is 1. The normalized spacial score (nSPS) is 18.6. The molecule has 1 unspecified atom stereocenters. The van der Waals surface area contributed by atoms with Crippen LogP contribution in [0.1, 0.15) is 32.1 Å². The smallest absolute Gasteiger partial charge is 0.247 e. The Morgan fingerprint density at radius 2 is 1.94 bits per heavy atom. The Hall–Kier alpha value is -1.14. The number of hydrogen-bond acceptors (Lipinski definition) is 4. The Labute approximate surface area is 101 Å². The third kappa shape index (κ3) is 5.65. The number of amides is 2. The molecule has 0 heterocycles. The number of aliphatic hydroxyl groups excluding tert-OH is 1. The van der Waals surface area contributed by atoms with Gasteiger partial charge < -0.3 is 21.5 Å². The fraction of sp³-hybridized carbons (Fsp3) is 0.818. The molecule has 0 aromatic carbocycles. The molecule has 1 aliphatic carbocycles. The van der Waals surface area contributed by atoms with Crippen molar-refractivity contribution in [1.82, 2.24) is 10.6 Å². The van der Waals surface area contributed by atoms with Crippen molar-refractivity contribution in [3.63, 3.8) is 0 Å². The predicted molar refractivity (Wildman–Crippen MR) is 63.1 cm³/mol. The number of carbonyl (C=O) groups excluding carboxylic acids is 2. The first-order chi connectivity index (χ1) is 8.09. The molecule has 6 heteroatoms. The van der Waals surface area contributed by atoms with Crippen LogP contribution in [0.25, 0.3) is 0 Å². The van der Waals surface area contributed by atoms with Gasteiger partial charge in [-0.2, -0.15) is 0 Å². The van der Waals surface area contributed by atoms with Gasteiger partial charge in [-0.25, -0.2) is 0 Å². The molecule has 0 aromatic heterocycles. The maximum Gasteiger partial charge on any atom is 0.247 e. The maximum absolute atomic E-state index is 11.5. The quantitative estimate of drug-likeness (QED) is 0.474. The average Bonchev–Trinajstić information content (AvgIpc) is 2.30. The molecular formula is C11H21N3O3. The van der Waals surface area contributed by atoms with Crippen LogP contribution in [0.5, 0.6) is 0 Å². The summed E-state index contributed by atoms with van der Waals surface area (Å²) in [4.78, 5) is 22.0. The molecule has 98 valence electrons. The summed E-state index contributed by atoms with van der Waals surface area (Å²) in [6.45, 7) is 0.105. The molecule has 17 heavy (non-hydrogen) atoms. The van der Waals surface area contributed by atoms with Crippen molar-refractivity contribution in [2.24, 2.45) is 5.73 Å². The molecule has 5 N–H and O–H groups in total. The van der Waals surface area contributed by atoms with Crippen LogP contribution in [0.2, 0.25) is 0 Å². The van der Waals surface area contributed by atoms with Crippen molar-refractivity contribution in [2.75, 3.05) is 13.1 Å². The van der Waals surface area contributed by atoms with Crippen LogP contribution in [0, 0.1) is 0 Å². The fourth-order valence-corrected chi connectivity index (χ4v) is 1.95. The van der Waals surface area contributed by atoms with Crippen LogP contribution in [-0.2, 0) is 9.59 Å². The summed E-state index contributed by atoms with van der Waals surface area (Å²) < 4.78 is 0. The van der Waals surface area contributed by atoms with E-state index in [0.29, 0.717) is 0 Å². The zero-order valence-corrected chi connectivity index (χ0v) is 9.95. The second kappa shape index (κ2) is 7.24. The van der Waals surface area contributed by atoms with Gasteiger partial charge in [0.1, 0.15) is 6.10 Å². The highest BCUT2D eigenvalue weighted by Gasteiger charge is 2.16. The van der Waals surface area contributed by atoms with E-state index in [2.05, 4.69) is 10.6 Å². The Morgan fingerprint density at radius 3 is 2.53 bits per heavy atom. The number of hydrogen-bond donors (Lipinski definition) is 4. The summed E-state index contributed by atoms with van der Waals surface area (Å²) in [6.07, 6.45) is 4.41. The highest BCUT2D eigenvalue weighted by Crippen LogP contribution is 2.16. The summed E-state index contributed by atoms with van der Waals surface area (Å²) >= 11 is 0. The van der Waals surface area contributed by atoms with Gasteiger partial charge in [-0.15, -0.1) is 0 Å². The molecule has 0 radical (unpaired) electrons. The van der Waals surface area contributed by atoms with Crippen molar-refractivity contribution >= 4 is 11.8 Å². The molecule has 1 fully saturated rings. The summed E-state index contributed by atoms with van der Waals surface area (Å²) in [6, 6.07) is 0.277. The van der Waals surface area contributed by atoms with Gasteiger partial charge in [-0.1, -0.05) is 19.3 Å². The van der Waals surface area contributed by atoms with Crippen LogP contribution in [0.15, 0.2) is 0 Å². The van der Waals surface area contributed by atoms with Crippen molar-refractivity contribution in [3.8, 4) is 0 Å². The topological polar surface area (TPSA) is 104 Å². The largest absolute Gasteiger partial charge is 0.382 e. The fourth-order valence-electron chi connectivity index (χ4n) is 1.95. The SMILES string of the molecule is NC(=O)C(O)CNCC(=O)NC1CCCCC1. The van der Waals surface area contributed by atoms with Gasteiger partial charge in [-0.3, -0.25) is 9.59 Å². The average molecular weight is 243 g/mol. The molecule has 1 atom stereocenters. The van der Waals surface area contributed by atoms with E-state index in [4.69, 9.17) is 10.8 Å². The Bertz CT molecular complexity index is 265. The van der Waals surface area contributed by atoms with Gasteiger partial charge >= 0.3 is 0 Å². The first-order valence-corrected chi connectivity index (χ1v) is 6.07. The van der Waals surface area contributed by atoms with E-state index in [0.717, 1.165) is 12.8 Å². The predicted octanol–water partition coefficient (Wildman–Crippen LogP) is -1.13. The highest BCUT2D eigenvalue weighted by molar-refractivity contribution is 5.79. The molecular weight excluding hydrogens is 222 g/mol. The van der Waals surface area contributed by atoms with E-state index in [1.807, 2.05) is 0 Å².